The topological polar surface area (TPSA) is 124 Å². The zero-order chi connectivity index (χ0) is 34.5. The number of halogens is 2. The van der Waals surface area contributed by atoms with Crippen molar-refractivity contribution in [1.29, 1.82) is 0 Å². The van der Waals surface area contributed by atoms with E-state index in [-0.39, 0.29) is 30.4 Å². The van der Waals surface area contributed by atoms with Crippen molar-refractivity contribution in [2.75, 3.05) is 64.3 Å². The lowest BCUT2D eigenvalue weighted by Crippen LogP contribution is -2.59. The first-order chi connectivity index (χ1) is 23.7. The van der Waals surface area contributed by atoms with E-state index in [0.29, 0.717) is 66.3 Å². The second-order valence-electron chi connectivity index (χ2n) is 13.1. The lowest BCUT2D eigenvalue weighted by Gasteiger charge is -2.42. The van der Waals surface area contributed by atoms with Crippen LogP contribution in [0.25, 0.3) is 0 Å². The van der Waals surface area contributed by atoms with Gasteiger partial charge in [0.25, 0.3) is 0 Å². The first kappa shape index (κ1) is 35.6. The largest absolute Gasteiger partial charge is 0.424 e. The minimum absolute atomic E-state index is 0.0215. The average molecular weight is 805 g/mol. The normalized spacial score (nSPS) is 20.2. The van der Waals surface area contributed by atoms with Gasteiger partial charge in [0.05, 0.1) is 8.95 Å². The summed E-state index contributed by atoms with van der Waals surface area (Å²) in [6.07, 6.45) is 4.35. The molecule has 0 aliphatic carbocycles. The number of esters is 1. The number of carbonyl (C=O) groups is 4. The van der Waals surface area contributed by atoms with Crippen LogP contribution in [-0.2, 0) is 27.2 Å². The maximum Gasteiger partial charge on any atom is 0.322 e. The van der Waals surface area contributed by atoms with Gasteiger partial charge in [0.2, 0.25) is 5.91 Å². The van der Waals surface area contributed by atoms with Gasteiger partial charge < -0.3 is 34.8 Å². The molecule has 4 heterocycles. The Labute approximate surface area is 304 Å². The molecule has 0 saturated carbocycles. The standard InChI is InChI=1S/C35H44Br2N6O6/c1-23(44)49-32-28(36)20-24(21-29(32)37)22-31(33(45)41-16-14-40(15-17-41)26-9-18-48-19-10-26)39-34(46)42-11-7-27(8-12-42)43-13-6-25-4-2-3-5-30(25)38-35(43)47/h2-5,20-21,26-27,31H,6-19,22H2,1H3,(H,38,47)(H,39,46)/t31-/m1/s1. The summed E-state index contributed by atoms with van der Waals surface area (Å²) in [5.41, 5.74) is 2.77. The number of benzene rings is 2. The molecule has 264 valence electrons. The smallest absolute Gasteiger partial charge is 0.322 e. The summed E-state index contributed by atoms with van der Waals surface area (Å²) in [6, 6.07) is 10.8. The van der Waals surface area contributed by atoms with Gasteiger partial charge >= 0.3 is 18.0 Å². The Morgan fingerprint density at radius 2 is 1.59 bits per heavy atom. The van der Waals surface area contributed by atoms with Gasteiger partial charge in [-0.2, -0.15) is 0 Å². The highest BCUT2D eigenvalue weighted by molar-refractivity contribution is 9.11. The number of nitrogens with zero attached hydrogens (tertiary/aromatic N) is 4. The molecule has 4 aliphatic heterocycles. The summed E-state index contributed by atoms with van der Waals surface area (Å²) in [5.74, 6) is -0.205. The van der Waals surface area contributed by atoms with Gasteiger partial charge in [-0.25, -0.2) is 9.59 Å². The van der Waals surface area contributed by atoms with Crippen molar-refractivity contribution in [3.8, 4) is 5.75 Å². The predicted molar refractivity (Wildman–Crippen MR) is 192 cm³/mol. The molecule has 0 bridgehead atoms. The van der Waals surface area contributed by atoms with Gasteiger partial charge in [-0.1, -0.05) is 18.2 Å². The summed E-state index contributed by atoms with van der Waals surface area (Å²) in [6.45, 7) is 7.22. The van der Waals surface area contributed by atoms with Crippen molar-refractivity contribution >= 4 is 61.5 Å². The predicted octanol–water partition coefficient (Wildman–Crippen LogP) is 4.64. The number of amides is 5. The van der Waals surface area contributed by atoms with Gasteiger partial charge in [0, 0.05) is 90.1 Å². The zero-order valence-corrected chi connectivity index (χ0v) is 31.0. The maximum atomic E-state index is 14.1. The molecule has 49 heavy (non-hydrogen) atoms. The summed E-state index contributed by atoms with van der Waals surface area (Å²) < 4.78 is 12.0. The van der Waals surface area contributed by atoms with E-state index in [4.69, 9.17) is 9.47 Å². The Morgan fingerprint density at radius 1 is 0.918 bits per heavy atom. The molecule has 2 N–H and O–H groups in total. The number of ether oxygens (including phenoxy) is 2. The summed E-state index contributed by atoms with van der Waals surface area (Å²) in [7, 11) is 0. The molecule has 0 radical (unpaired) electrons. The van der Waals surface area contributed by atoms with Crippen LogP contribution in [0.2, 0.25) is 0 Å². The minimum atomic E-state index is -0.798. The Morgan fingerprint density at radius 3 is 2.27 bits per heavy atom. The maximum absolute atomic E-state index is 14.1. The molecule has 0 spiro atoms. The third kappa shape index (κ3) is 8.76. The average Bonchev–Trinajstić information content (AvgIpc) is 3.27. The van der Waals surface area contributed by atoms with E-state index in [2.05, 4.69) is 47.4 Å². The molecule has 0 aromatic heterocycles. The summed E-state index contributed by atoms with van der Waals surface area (Å²) in [5, 5.41) is 6.12. The summed E-state index contributed by atoms with van der Waals surface area (Å²) >= 11 is 7.00. The van der Waals surface area contributed by atoms with Gasteiger partial charge in [0.1, 0.15) is 6.04 Å². The molecule has 4 aliphatic rings. The van der Waals surface area contributed by atoms with Crippen molar-refractivity contribution < 1.29 is 28.7 Å². The van der Waals surface area contributed by atoms with Crippen molar-refractivity contribution in [3.63, 3.8) is 0 Å². The highest BCUT2D eigenvalue weighted by atomic mass is 79.9. The van der Waals surface area contributed by atoms with Crippen LogP contribution in [0.15, 0.2) is 45.3 Å². The SMILES string of the molecule is CC(=O)Oc1c(Br)cc(C[C@@H](NC(=O)N2CCC(N3CCc4ccccc4NC3=O)CC2)C(=O)N2CCN(C3CCOCC3)CC2)cc1Br. The van der Waals surface area contributed by atoms with Gasteiger partial charge in [0.15, 0.2) is 5.75 Å². The Bertz CT molecular complexity index is 1520. The third-order valence-corrected chi connectivity index (χ3v) is 11.2. The van der Waals surface area contributed by atoms with Crippen LogP contribution < -0.4 is 15.4 Å². The highest BCUT2D eigenvalue weighted by Gasteiger charge is 2.35. The Kier molecular flexibility index (Phi) is 11.8. The van der Waals surface area contributed by atoms with Crippen LogP contribution in [0.4, 0.5) is 15.3 Å². The number of anilines is 1. The molecule has 3 fully saturated rings. The first-order valence-corrected chi connectivity index (χ1v) is 18.7. The molecule has 12 nitrogen and oxygen atoms in total. The van der Waals surface area contributed by atoms with Crippen LogP contribution in [0.5, 0.6) is 5.75 Å². The fourth-order valence-electron chi connectivity index (χ4n) is 7.34. The van der Waals surface area contributed by atoms with E-state index in [0.717, 1.165) is 62.4 Å². The van der Waals surface area contributed by atoms with E-state index in [9.17, 15) is 19.2 Å². The lowest BCUT2D eigenvalue weighted by molar-refractivity contribution is -0.135. The van der Waals surface area contributed by atoms with Gasteiger partial charge in [-0.15, -0.1) is 0 Å². The number of hydrogen-bond donors (Lipinski definition) is 2. The summed E-state index contributed by atoms with van der Waals surface area (Å²) in [4.78, 5) is 60.6. The van der Waals surface area contributed by atoms with Crippen molar-refractivity contribution in [2.45, 2.75) is 63.6 Å². The van der Waals surface area contributed by atoms with Crippen LogP contribution in [0.3, 0.4) is 0 Å². The number of piperazine rings is 1. The monoisotopic (exact) mass is 802 g/mol. The van der Waals surface area contributed by atoms with Gasteiger partial charge in [-0.3, -0.25) is 14.5 Å². The Balaban J connectivity index is 1.11. The van der Waals surface area contributed by atoms with E-state index in [1.54, 1.807) is 4.90 Å². The number of urea groups is 2. The van der Waals surface area contributed by atoms with Crippen LogP contribution >= 0.6 is 31.9 Å². The minimum Gasteiger partial charge on any atom is -0.424 e. The molecule has 5 amide bonds. The quantitative estimate of drug-likeness (QED) is 0.309. The molecule has 2 aromatic rings. The fraction of sp³-hybridized carbons (Fsp3) is 0.543. The van der Waals surface area contributed by atoms with Crippen LogP contribution in [0.1, 0.15) is 43.7 Å². The molecular weight excluding hydrogens is 760 g/mol. The Hall–Kier alpha value is -3.20. The first-order valence-electron chi connectivity index (χ1n) is 17.1. The van der Waals surface area contributed by atoms with Crippen molar-refractivity contribution in [2.24, 2.45) is 0 Å². The fourth-order valence-corrected chi connectivity index (χ4v) is 8.79. The van der Waals surface area contributed by atoms with E-state index in [1.165, 1.54) is 6.92 Å². The molecule has 3 saturated heterocycles. The second-order valence-corrected chi connectivity index (χ2v) is 14.9. The zero-order valence-electron chi connectivity index (χ0n) is 27.8. The molecule has 1 atom stereocenters. The van der Waals surface area contributed by atoms with Crippen molar-refractivity contribution in [3.05, 3.63) is 56.5 Å². The second kappa shape index (κ2) is 16.2. The number of hydrogen-bond acceptors (Lipinski definition) is 7. The molecular formula is C35H44Br2N6O6. The van der Waals surface area contributed by atoms with Crippen molar-refractivity contribution in [1.82, 2.24) is 24.9 Å². The number of carbonyl (C=O) groups excluding carboxylic acids is 4. The number of nitrogens with one attached hydrogen (secondary N) is 2. The third-order valence-electron chi connectivity index (χ3n) is 10.0. The number of para-hydroxylation sites is 1. The van der Waals surface area contributed by atoms with Gasteiger partial charge in [-0.05, 0) is 93.3 Å². The molecule has 14 heteroatoms. The van der Waals surface area contributed by atoms with E-state index in [1.807, 2.05) is 46.2 Å². The van der Waals surface area contributed by atoms with E-state index < -0.39 is 12.0 Å². The number of rotatable bonds is 7. The lowest BCUT2D eigenvalue weighted by atomic mass is 10.0. The molecule has 2 aromatic carbocycles. The highest BCUT2D eigenvalue weighted by Crippen LogP contribution is 2.35. The number of fused-ring (bicyclic) bond motifs is 1. The number of piperidine rings is 1. The number of likely N-dealkylation sites (tertiary alicyclic amines) is 1. The molecule has 0 unspecified atom stereocenters. The molecule has 6 rings (SSSR count). The van der Waals surface area contributed by atoms with Crippen LogP contribution in [0, 0.1) is 0 Å². The van der Waals surface area contributed by atoms with E-state index >= 15 is 0 Å². The van der Waals surface area contributed by atoms with Crippen LogP contribution in [-0.4, -0.2) is 121 Å².